The third-order valence-electron chi connectivity index (χ3n) is 4.29. The van der Waals surface area contributed by atoms with Gasteiger partial charge in [0.05, 0.1) is 25.4 Å². The van der Waals surface area contributed by atoms with Crippen molar-refractivity contribution in [3.05, 3.63) is 29.6 Å². The number of morpholine rings is 1. The summed E-state index contributed by atoms with van der Waals surface area (Å²) in [6.07, 6.45) is 0.133. The second-order valence-electron chi connectivity index (χ2n) is 7.95. The van der Waals surface area contributed by atoms with E-state index in [2.05, 4.69) is 16.0 Å². The van der Waals surface area contributed by atoms with E-state index in [0.717, 1.165) is 0 Å². The highest BCUT2D eigenvalue weighted by atomic mass is 19.1. The fraction of sp³-hybridized carbons (Fsp3) is 0.600. The van der Waals surface area contributed by atoms with Crippen LogP contribution in [-0.4, -0.2) is 61.2 Å². The number of ether oxygens (including phenoxy) is 2. The maximum atomic E-state index is 14.3. The maximum absolute atomic E-state index is 14.3. The summed E-state index contributed by atoms with van der Waals surface area (Å²) in [4.78, 5) is 23.8. The summed E-state index contributed by atoms with van der Waals surface area (Å²) >= 11 is 0. The number of carbonyl (C=O) groups excluding carboxylic acids is 2. The van der Waals surface area contributed by atoms with Crippen LogP contribution in [0.1, 0.15) is 32.8 Å². The van der Waals surface area contributed by atoms with Crippen molar-refractivity contribution in [3.8, 4) is 0 Å². The summed E-state index contributed by atoms with van der Waals surface area (Å²) in [5.41, 5.74) is 0.0766. The molecule has 1 aliphatic rings. The number of aliphatic hydroxyl groups is 1. The van der Waals surface area contributed by atoms with Crippen molar-refractivity contribution in [3.63, 3.8) is 0 Å². The van der Waals surface area contributed by atoms with E-state index < -0.39 is 23.4 Å². The minimum absolute atomic E-state index is 0.00748. The smallest absolute Gasteiger partial charge is 0.408 e. The fourth-order valence-electron chi connectivity index (χ4n) is 2.87. The molecule has 0 aliphatic carbocycles. The van der Waals surface area contributed by atoms with Gasteiger partial charge < -0.3 is 30.5 Å². The molecule has 2 atom stereocenters. The molecule has 0 spiro atoms. The number of amides is 2. The van der Waals surface area contributed by atoms with E-state index in [-0.39, 0.29) is 25.3 Å². The number of aliphatic hydroxyl groups excluding tert-OH is 1. The lowest BCUT2D eigenvalue weighted by Gasteiger charge is -2.29. The van der Waals surface area contributed by atoms with Gasteiger partial charge in [-0.2, -0.15) is 0 Å². The Kier molecular flexibility index (Phi) is 8.36. The molecule has 2 rings (SSSR count). The molecule has 0 unspecified atom stereocenters. The van der Waals surface area contributed by atoms with Gasteiger partial charge in [-0.25, -0.2) is 9.18 Å². The van der Waals surface area contributed by atoms with E-state index in [1.807, 2.05) is 0 Å². The topological polar surface area (TPSA) is 109 Å². The lowest BCUT2D eigenvalue weighted by molar-refractivity contribution is -0.115. The number of hydrogen-bond acceptors (Lipinski definition) is 6. The zero-order valence-electron chi connectivity index (χ0n) is 17.1. The highest BCUT2D eigenvalue weighted by Crippen LogP contribution is 2.22. The van der Waals surface area contributed by atoms with E-state index >= 15 is 0 Å². The Morgan fingerprint density at radius 2 is 2.14 bits per heavy atom. The Hall–Kier alpha value is -2.23. The van der Waals surface area contributed by atoms with Crippen molar-refractivity contribution < 1.29 is 28.6 Å². The minimum atomic E-state index is -0.699. The highest BCUT2D eigenvalue weighted by molar-refractivity contribution is 5.94. The predicted molar refractivity (Wildman–Crippen MR) is 106 cm³/mol. The van der Waals surface area contributed by atoms with E-state index in [4.69, 9.17) is 14.6 Å². The molecule has 2 amide bonds. The summed E-state index contributed by atoms with van der Waals surface area (Å²) in [6, 6.07) is 4.39. The number of anilines is 1. The van der Waals surface area contributed by atoms with Gasteiger partial charge in [0.25, 0.3) is 0 Å². The van der Waals surface area contributed by atoms with Gasteiger partial charge >= 0.3 is 6.09 Å². The average Bonchev–Trinajstić information content (AvgIpc) is 2.65. The van der Waals surface area contributed by atoms with Crippen LogP contribution in [0, 0.1) is 5.82 Å². The summed E-state index contributed by atoms with van der Waals surface area (Å²) in [6.45, 7) is 5.86. The van der Waals surface area contributed by atoms with Crippen molar-refractivity contribution in [1.29, 1.82) is 0 Å². The van der Waals surface area contributed by atoms with Crippen LogP contribution in [0.3, 0.4) is 0 Å². The van der Waals surface area contributed by atoms with Crippen LogP contribution in [-0.2, 0) is 20.7 Å². The number of halogens is 1. The third-order valence-corrected chi connectivity index (χ3v) is 4.29. The SMILES string of the molecule is CC(C)(C)OC(=O)NCC(=O)Nc1cccc(F)c1CC[C@@H]1CN[C@H](CO)CO1. The number of benzene rings is 1. The molecule has 0 aromatic heterocycles. The Balaban J connectivity index is 1.88. The van der Waals surface area contributed by atoms with Crippen LogP contribution in [0.2, 0.25) is 0 Å². The van der Waals surface area contributed by atoms with E-state index in [0.29, 0.717) is 37.2 Å². The highest BCUT2D eigenvalue weighted by Gasteiger charge is 2.22. The average molecular weight is 411 g/mol. The molecule has 162 valence electrons. The molecule has 1 aromatic carbocycles. The number of hydrogen-bond donors (Lipinski definition) is 4. The van der Waals surface area contributed by atoms with Gasteiger partial charge in [-0.05, 0) is 45.7 Å². The van der Waals surface area contributed by atoms with Gasteiger partial charge in [0.15, 0.2) is 0 Å². The summed E-state index contributed by atoms with van der Waals surface area (Å²) < 4.78 is 25.1. The monoisotopic (exact) mass is 411 g/mol. The zero-order valence-corrected chi connectivity index (χ0v) is 17.1. The molecule has 1 aromatic rings. The van der Waals surface area contributed by atoms with Crippen molar-refractivity contribution in [2.45, 2.75) is 51.4 Å². The van der Waals surface area contributed by atoms with Gasteiger partial charge in [0.1, 0.15) is 18.0 Å². The number of nitrogens with one attached hydrogen (secondary N) is 3. The van der Waals surface area contributed by atoms with Crippen LogP contribution in [0.25, 0.3) is 0 Å². The predicted octanol–water partition coefficient (Wildman–Crippen LogP) is 1.57. The molecule has 8 nitrogen and oxygen atoms in total. The summed E-state index contributed by atoms with van der Waals surface area (Å²) in [7, 11) is 0. The Morgan fingerprint density at radius 1 is 1.38 bits per heavy atom. The first kappa shape index (κ1) is 23.1. The van der Waals surface area contributed by atoms with Crippen LogP contribution in [0.15, 0.2) is 18.2 Å². The molecule has 29 heavy (non-hydrogen) atoms. The zero-order chi connectivity index (χ0) is 21.4. The lowest BCUT2D eigenvalue weighted by atomic mass is 10.0. The van der Waals surface area contributed by atoms with Gasteiger partial charge in [-0.1, -0.05) is 6.07 Å². The second kappa shape index (κ2) is 10.5. The second-order valence-corrected chi connectivity index (χ2v) is 7.95. The quantitative estimate of drug-likeness (QED) is 0.542. The van der Waals surface area contributed by atoms with Crippen LogP contribution in [0.5, 0.6) is 0 Å². The van der Waals surface area contributed by atoms with Crippen molar-refractivity contribution in [1.82, 2.24) is 10.6 Å². The maximum Gasteiger partial charge on any atom is 0.408 e. The molecule has 0 bridgehead atoms. The first-order valence-corrected chi connectivity index (χ1v) is 9.68. The third kappa shape index (κ3) is 7.96. The molecule has 0 saturated carbocycles. The molecular weight excluding hydrogens is 381 g/mol. The molecule has 1 heterocycles. The molecule has 1 fully saturated rings. The number of alkyl carbamates (subject to hydrolysis) is 1. The Bertz CT molecular complexity index is 700. The minimum Gasteiger partial charge on any atom is -0.444 e. The van der Waals surface area contributed by atoms with E-state index in [9.17, 15) is 14.0 Å². The standard InChI is InChI=1S/C20H30FN3O5/c1-20(2,3)29-19(27)23-10-18(26)24-17-6-4-5-16(21)15(17)8-7-14-9-22-13(11-25)12-28-14/h4-6,13-14,22,25H,7-12H2,1-3H3,(H,23,27)(H,24,26)/t13-,14-/m1/s1. The van der Waals surface area contributed by atoms with Crippen molar-refractivity contribution in [2.75, 3.05) is 31.6 Å². The largest absolute Gasteiger partial charge is 0.444 e. The molecule has 9 heteroatoms. The normalized spacial score (nSPS) is 19.5. The van der Waals surface area contributed by atoms with E-state index in [1.165, 1.54) is 12.1 Å². The van der Waals surface area contributed by atoms with E-state index in [1.54, 1.807) is 26.8 Å². The molecular formula is C20H30FN3O5. The number of carbonyl (C=O) groups is 2. The first-order chi connectivity index (χ1) is 13.7. The molecule has 4 N–H and O–H groups in total. The lowest BCUT2D eigenvalue weighted by Crippen LogP contribution is -2.48. The fourth-order valence-corrected chi connectivity index (χ4v) is 2.87. The van der Waals surface area contributed by atoms with Gasteiger partial charge in [0, 0.05) is 17.8 Å². The van der Waals surface area contributed by atoms with Crippen LogP contribution in [0.4, 0.5) is 14.9 Å². The van der Waals surface area contributed by atoms with Crippen LogP contribution >= 0.6 is 0 Å². The molecule has 1 aliphatic heterocycles. The van der Waals surface area contributed by atoms with Crippen molar-refractivity contribution >= 4 is 17.7 Å². The first-order valence-electron chi connectivity index (χ1n) is 9.68. The Labute approximate surface area is 170 Å². The van der Waals surface area contributed by atoms with Gasteiger partial charge in [0.2, 0.25) is 5.91 Å². The van der Waals surface area contributed by atoms with Crippen molar-refractivity contribution in [2.24, 2.45) is 0 Å². The van der Waals surface area contributed by atoms with Gasteiger partial charge in [-0.15, -0.1) is 0 Å². The molecule has 0 radical (unpaired) electrons. The van der Waals surface area contributed by atoms with Crippen LogP contribution < -0.4 is 16.0 Å². The number of rotatable bonds is 7. The molecule has 1 saturated heterocycles. The van der Waals surface area contributed by atoms with Gasteiger partial charge in [-0.3, -0.25) is 4.79 Å². The summed E-state index contributed by atoms with van der Waals surface area (Å²) in [5, 5.41) is 17.3. The summed E-state index contributed by atoms with van der Waals surface area (Å²) in [5.74, 6) is -0.899. The Morgan fingerprint density at radius 3 is 2.76 bits per heavy atom.